The number of hydrogen-bond acceptors (Lipinski definition) is 3. The molecule has 0 aromatic heterocycles. The lowest BCUT2D eigenvalue weighted by Crippen LogP contribution is -2.43. The minimum absolute atomic E-state index is 0.00951. The first kappa shape index (κ1) is 14.7. The van der Waals surface area contributed by atoms with E-state index in [0.29, 0.717) is 13.1 Å². The molecule has 1 saturated carbocycles. The van der Waals surface area contributed by atoms with E-state index in [1.165, 1.54) is 0 Å². The molecule has 0 bridgehead atoms. The number of nitrogens with one attached hydrogen (secondary N) is 1. The van der Waals surface area contributed by atoms with Crippen LogP contribution in [0.3, 0.4) is 0 Å². The van der Waals surface area contributed by atoms with Gasteiger partial charge in [-0.05, 0) is 12.8 Å². The molecule has 6 heteroatoms. The van der Waals surface area contributed by atoms with Gasteiger partial charge in [0.1, 0.15) is 6.61 Å². The molecule has 0 spiro atoms. The molecular weight excluding hydrogens is 235 g/mol. The summed E-state index contributed by atoms with van der Waals surface area (Å²) < 4.78 is 39.6. The first-order chi connectivity index (χ1) is 7.91. The lowest BCUT2D eigenvalue weighted by molar-refractivity contribution is -0.173. The molecule has 1 aliphatic carbocycles. The maximum absolute atomic E-state index is 11.7. The smallest absolute Gasteiger partial charge is 0.389 e. The van der Waals surface area contributed by atoms with E-state index in [1.807, 2.05) is 0 Å². The van der Waals surface area contributed by atoms with E-state index in [4.69, 9.17) is 0 Å². The number of hydrogen-bond donors (Lipinski definition) is 2. The van der Waals surface area contributed by atoms with Crippen LogP contribution in [0.5, 0.6) is 0 Å². The lowest BCUT2D eigenvalue weighted by Gasteiger charge is -2.32. The Kier molecular flexibility index (Phi) is 5.69. The third-order valence-corrected chi connectivity index (χ3v) is 2.93. The van der Waals surface area contributed by atoms with Gasteiger partial charge in [-0.15, -0.1) is 0 Å². The fourth-order valence-electron chi connectivity index (χ4n) is 2.04. The van der Waals surface area contributed by atoms with E-state index in [2.05, 4.69) is 10.1 Å². The molecule has 102 valence electrons. The van der Waals surface area contributed by atoms with E-state index < -0.39 is 18.4 Å². The highest BCUT2D eigenvalue weighted by Crippen LogP contribution is 2.27. The summed E-state index contributed by atoms with van der Waals surface area (Å²) in [5.74, 6) is 0. The minimum Gasteiger partial charge on any atom is -0.389 e. The molecule has 0 atom stereocenters. The van der Waals surface area contributed by atoms with E-state index >= 15 is 0 Å². The molecule has 0 radical (unpaired) electrons. The van der Waals surface area contributed by atoms with Gasteiger partial charge in [0, 0.05) is 13.1 Å². The predicted octanol–water partition coefficient (Wildman–Crippen LogP) is 1.85. The van der Waals surface area contributed by atoms with Gasteiger partial charge < -0.3 is 15.2 Å². The van der Waals surface area contributed by atoms with Crippen LogP contribution in [0.1, 0.15) is 32.1 Å². The van der Waals surface area contributed by atoms with Crippen molar-refractivity contribution in [2.45, 2.75) is 43.9 Å². The van der Waals surface area contributed by atoms with Crippen LogP contribution in [0, 0.1) is 0 Å². The van der Waals surface area contributed by atoms with Gasteiger partial charge in [0.2, 0.25) is 0 Å². The average molecular weight is 255 g/mol. The third-order valence-electron chi connectivity index (χ3n) is 2.93. The standard InChI is InChI=1S/C11H20F3NO2/c12-11(13,14)9-17-7-6-15-8-10(16)4-2-1-3-5-10/h15-16H,1-9H2. The van der Waals surface area contributed by atoms with Crippen molar-refractivity contribution in [2.24, 2.45) is 0 Å². The van der Waals surface area contributed by atoms with Crippen molar-refractivity contribution in [3.05, 3.63) is 0 Å². The van der Waals surface area contributed by atoms with E-state index in [-0.39, 0.29) is 6.61 Å². The Morgan fingerprint density at radius 3 is 2.41 bits per heavy atom. The van der Waals surface area contributed by atoms with E-state index in [1.54, 1.807) is 0 Å². The molecule has 1 aliphatic rings. The van der Waals surface area contributed by atoms with Gasteiger partial charge in [-0.25, -0.2) is 0 Å². The Bertz CT molecular complexity index is 215. The summed E-state index contributed by atoms with van der Waals surface area (Å²) in [6.45, 7) is -0.435. The quantitative estimate of drug-likeness (QED) is 0.712. The van der Waals surface area contributed by atoms with Crippen LogP contribution in [0.2, 0.25) is 0 Å². The molecule has 2 N–H and O–H groups in total. The number of alkyl halides is 3. The van der Waals surface area contributed by atoms with E-state index in [9.17, 15) is 18.3 Å². The summed E-state index contributed by atoms with van der Waals surface area (Å²) in [6.07, 6.45) is 0.455. The van der Waals surface area contributed by atoms with Crippen molar-refractivity contribution in [2.75, 3.05) is 26.3 Å². The van der Waals surface area contributed by atoms with Gasteiger partial charge in [-0.3, -0.25) is 0 Å². The van der Waals surface area contributed by atoms with Crippen LogP contribution >= 0.6 is 0 Å². The summed E-state index contributed by atoms with van der Waals surface area (Å²) >= 11 is 0. The summed E-state index contributed by atoms with van der Waals surface area (Å²) in [5.41, 5.74) is -0.678. The molecule has 0 heterocycles. The van der Waals surface area contributed by atoms with Crippen molar-refractivity contribution in [3.63, 3.8) is 0 Å². The number of ether oxygens (including phenoxy) is 1. The van der Waals surface area contributed by atoms with Gasteiger partial charge in [0.25, 0.3) is 0 Å². The third kappa shape index (κ3) is 6.85. The molecule has 17 heavy (non-hydrogen) atoms. The maximum atomic E-state index is 11.7. The first-order valence-electron chi connectivity index (χ1n) is 5.99. The second-order valence-electron chi connectivity index (χ2n) is 4.63. The van der Waals surface area contributed by atoms with Crippen molar-refractivity contribution in [1.29, 1.82) is 0 Å². The number of halogens is 3. The maximum Gasteiger partial charge on any atom is 0.411 e. The number of rotatable bonds is 6. The highest BCUT2D eigenvalue weighted by molar-refractivity contribution is 4.84. The van der Waals surface area contributed by atoms with Gasteiger partial charge in [0.05, 0.1) is 12.2 Å². The van der Waals surface area contributed by atoms with E-state index in [0.717, 1.165) is 32.1 Å². The Morgan fingerprint density at radius 2 is 1.82 bits per heavy atom. The largest absolute Gasteiger partial charge is 0.411 e. The molecule has 1 rings (SSSR count). The molecular formula is C11H20F3NO2. The molecule has 0 amide bonds. The highest BCUT2D eigenvalue weighted by atomic mass is 19.4. The second-order valence-corrected chi connectivity index (χ2v) is 4.63. The van der Waals surface area contributed by atoms with Crippen LogP contribution in [-0.2, 0) is 4.74 Å². The summed E-state index contributed by atoms with van der Waals surface area (Å²) in [4.78, 5) is 0. The average Bonchev–Trinajstić information content (AvgIpc) is 2.23. The van der Waals surface area contributed by atoms with Gasteiger partial charge >= 0.3 is 6.18 Å². The van der Waals surface area contributed by atoms with Crippen molar-refractivity contribution >= 4 is 0 Å². The Balaban J connectivity index is 2.00. The molecule has 1 fully saturated rings. The van der Waals surface area contributed by atoms with Crippen LogP contribution in [0.25, 0.3) is 0 Å². The van der Waals surface area contributed by atoms with Gasteiger partial charge in [-0.2, -0.15) is 13.2 Å². The molecule has 3 nitrogen and oxygen atoms in total. The van der Waals surface area contributed by atoms with Crippen LogP contribution in [0.15, 0.2) is 0 Å². The summed E-state index contributed by atoms with van der Waals surface area (Å²) in [5, 5.41) is 13.0. The number of aliphatic hydroxyl groups is 1. The summed E-state index contributed by atoms with van der Waals surface area (Å²) in [6, 6.07) is 0. The zero-order valence-corrected chi connectivity index (χ0v) is 9.85. The Hall–Kier alpha value is -0.330. The lowest BCUT2D eigenvalue weighted by atomic mass is 9.85. The Morgan fingerprint density at radius 1 is 1.18 bits per heavy atom. The Labute approximate surface area is 99.3 Å². The van der Waals surface area contributed by atoms with Crippen molar-refractivity contribution < 1.29 is 23.0 Å². The van der Waals surface area contributed by atoms with Gasteiger partial charge in [-0.1, -0.05) is 19.3 Å². The van der Waals surface area contributed by atoms with Crippen LogP contribution in [-0.4, -0.2) is 43.2 Å². The SMILES string of the molecule is OC1(CNCCOCC(F)(F)F)CCCCC1. The fourth-order valence-corrected chi connectivity index (χ4v) is 2.04. The van der Waals surface area contributed by atoms with Crippen LogP contribution < -0.4 is 5.32 Å². The predicted molar refractivity (Wildman–Crippen MR) is 57.8 cm³/mol. The minimum atomic E-state index is -4.26. The zero-order chi connectivity index (χ0) is 12.8. The first-order valence-corrected chi connectivity index (χ1v) is 5.99. The molecule has 0 aromatic carbocycles. The molecule has 0 saturated heterocycles. The monoisotopic (exact) mass is 255 g/mol. The van der Waals surface area contributed by atoms with Crippen LogP contribution in [0.4, 0.5) is 13.2 Å². The second kappa shape index (κ2) is 6.56. The topological polar surface area (TPSA) is 41.5 Å². The highest BCUT2D eigenvalue weighted by Gasteiger charge is 2.29. The van der Waals surface area contributed by atoms with Crippen molar-refractivity contribution in [1.82, 2.24) is 5.32 Å². The molecule has 0 aromatic rings. The van der Waals surface area contributed by atoms with Gasteiger partial charge in [0.15, 0.2) is 0 Å². The molecule has 0 aliphatic heterocycles. The molecule has 0 unspecified atom stereocenters. The zero-order valence-electron chi connectivity index (χ0n) is 9.85. The summed E-state index contributed by atoms with van der Waals surface area (Å²) in [7, 11) is 0. The van der Waals surface area contributed by atoms with Crippen molar-refractivity contribution in [3.8, 4) is 0 Å². The fraction of sp³-hybridized carbons (Fsp3) is 1.00. The normalized spacial score (nSPS) is 20.5.